The number of nitrogen functional groups attached to an aromatic ring is 1. The Kier molecular flexibility index (Phi) is 3.17. The summed E-state index contributed by atoms with van der Waals surface area (Å²) in [6.45, 7) is 3.82. The van der Waals surface area contributed by atoms with Crippen LogP contribution in [-0.2, 0) is 0 Å². The maximum atomic E-state index is 13.6. The van der Waals surface area contributed by atoms with Crippen molar-refractivity contribution in [1.82, 2.24) is 14.5 Å². The fraction of sp³-hybridized carbons (Fsp3) is 0.286. The summed E-state index contributed by atoms with van der Waals surface area (Å²) >= 11 is 1.59. The molecule has 6 heteroatoms. The Labute approximate surface area is 120 Å². The van der Waals surface area contributed by atoms with Gasteiger partial charge in [0.1, 0.15) is 10.8 Å². The summed E-state index contributed by atoms with van der Waals surface area (Å²) < 4.78 is 15.6. The van der Waals surface area contributed by atoms with E-state index in [1.54, 1.807) is 30.5 Å². The number of fused-ring (bicyclic) bond motifs is 1. The highest BCUT2D eigenvalue weighted by Crippen LogP contribution is 2.31. The summed E-state index contributed by atoms with van der Waals surface area (Å²) in [7, 11) is 0. The van der Waals surface area contributed by atoms with Crippen LogP contribution in [0.25, 0.3) is 11.0 Å². The molecule has 2 aromatic heterocycles. The first-order valence-electron chi connectivity index (χ1n) is 6.44. The lowest BCUT2D eigenvalue weighted by atomic mass is 10.2. The average Bonchev–Trinajstić information content (AvgIpc) is 3.02. The molecule has 0 aliphatic rings. The van der Waals surface area contributed by atoms with Gasteiger partial charge in [-0.25, -0.2) is 14.4 Å². The van der Waals surface area contributed by atoms with Crippen molar-refractivity contribution in [2.24, 2.45) is 0 Å². The number of anilines is 1. The molecule has 104 valence electrons. The van der Waals surface area contributed by atoms with Gasteiger partial charge in [-0.3, -0.25) is 0 Å². The van der Waals surface area contributed by atoms with Crippen LogP contribution in [0.3, 0.4) is 0 Å². The number of rotatable bonds is 3. The number of aromatic nitrogens is 3. The van der Waals surface area contributed by atoms with Crippen molar-refractivity contribution in [3.8, 4) is 0 Å². The van der Waals surface area contributed by atoms with Crippen molar-refractivity contribution in [1.29, 1.82) is 0 Å². The maximum absolute atomic E-state index is 13.6. The Morgan fingerprint density at radius 1 is 1.45 bits per heavy atom. The van der Waals surface area contributed by atoms with Crippen molar-refractivity contribution >= 4 is 28.3 Å². The monoisotopic (exact) mass is 290 g/mol. The van der Waals surface area contributed by atoms with E-state index >= 15 is 0 Å². The van der Waals surface area contributed by atoms with E-state index in [0.29, 0.717) is 17.0 Å². The molecule has 1 atom stereocenters. The lowest BCUT2D eigenvalue weighted by molar-refractivity contribution is 0.584. The minimum absolute atomic E-state index is 0.0323. The average molecular weight is 290 g/mol. The molecule has 20 heavy (non-hydrogen) atoms. The van der Waals surface area contributed by atoms with E-state index in [1.165, 1.54) is 6.07 Å². The number of aryl methyl sites for hydroxylation is 1. The number of imidazole rings is 1. The highest BCUT2D eigenvalue weighted by molar-refractivity contribution is 7.09. The molecule has 0 radical (unpaired) electrons. The number of hydrogen-bond donors (Lipinski definition) is 1. The molecule has 0 bridgehead atoms. The van der Waals surface area contributed by atoms with E-state index in [4.69, 9.17) is 5.73 Å². The van der Waals surface area contributed by atoms with Gasteiger partial charge in [-0.15, -0.1) is 11.3 Å². The molecule has 3 rings (SSSR count). The Morgan fingerprint density at radius 2 is 2.25 bits per heavy atom. The second kappa shape index (κ2) is 4.86. The Morgan fingerprint density at radius 3 is 2.90 bits per heavy atom. The van der Waals surface area contributed by atoms with Crippen LogP contribution in [0.1, 0.15) is 30.0 Å². The molecule has 0 aliphatic heterocycles. The Bertz CT molecular complexity index is 748. The van der Waals surface area contributed by atoms with Gasteiger partial charge in [-0.1, -0.05) is 6.92 Å². The van der Waals surface area contributed by atoms with Crippen LogP contribution in [0.4, 0.5) is 10.3 Å². The number of nitrogens with zero attached hydrogens (tertiary/aromatic N) is 3. The van der Waals surface area contributed by atoms with Gasteiger partial charge in [0, 0.05) is 17.6 Å². The van der Waals surface area contributed by atoms with Crippen molar-refractivity contribution in [3.05, 3.63) is 40.1 Å². The van der Waals surface area contributed by atoms with Crippen LogP contribution in [0.5, 0.6) is 0 Å². The van der Waals surface area contributed by atoms with Gasteiger partial charge in [0.25, 0.3) is 0 Å². The second-order valence-corrected chi connectivity index (χ2v) is 5.65. The quantitative estimate of drug-likeness (QED) is 0.803. The third kappa shape index (κ3) is 1.96. The number of halogens is 1. The zero-order valence-corrected chi connectivity index (χ0v) is 12.1. The van der Waals surface area contributed by atoms with Crippen LogP contribution in [0, 0.1) is 12.7 Å². The van der Waals surface area contributed by atoms with Crippen LogP contribution in [0.2, 0.25) is 0 Å². The van der Waals surface area contributed by atoms with E-state index in [1.807, 2.05) is 9.95 Å². The molecule has 1 aromatic carbocycles. The molecular weight excluding hydrogens is 275 g/mol. The van der Waals surface area contributed by atoms with Crippen LogP contribution in [-0.4, -0.2) is 14.5 Å². The van der Waals surface area contributed by atoms with E-state index in [-0.39, 0.29) is 11.9 Å². The highest BCUT2D eigenvalue weighted by Gasteiger charge is 2.20. The van der Waals surface area contributed by atoms with Crippen molar-refractivity contribution < 1.29 is 4.39 Å². The summed E-state index contributed by atoms with van der Waals surface area (Å²) in [5, 5.41) is 2.93. The fourth-order valence-electron chi connectivity index (χ4n) is 2.43. The first-order valence-corrected chi connectivity index (χ1v) is 7.32. The molecule has 0 fully saturated rings. The minimum atomic E-state index is -0.260. The molecule has 4 nitrogen and oxygen atoms in total. The third-order valence-electron chi connectivity index (χ3n) is 3.43. The molecule has 2 heterocycles. The van der Waals surface area contributed by atoms with Crippen LogP contribution >= 0.6 is 11.3 Å². The predicted molar refractivity (Wildman–Crippen MR) is 79.4 cm³/mol. The van der Waals surface area contributed by atoms with Crippen molar-refractivity contribution in [2.75, 3.05) is 5.73 Å². The highest BCUT2D eigenvalue weighted by atomic mass is 32.1. The number of nitrogens with two attached hydrogens (primary N) is 1. The lowest BCUT2D eigenvalue weighted by Gasteiger charge is -2.16. The zero-order chi connectivity index (χ0) is 14.3. The number of benzene rings is 1. The second-order valence-electron chi connectivity index (χ2n) is 4.72. The summed E-state index contributed by atoms with van der Waals surface area (Å²) in [5.74, 6) is 0.136. The van der Waals surface area contributed by atoms with Gasteiger partial charge in [0.2, 0.25) is 5.95 Å². The molecule has 0 aliphatic carbocycles. The van der Waals surface area contributed by atoms with Gasteiger partial charge in [0.05, 0.1) is 17.1 Å². The first-order chi connectivity index (χ1) is 9.61. The molecule has 1 unspecified atom stereocenters. The van der Waals surface area contributed by atoms with E-state index in [0.717, 1.165) is 16.9 Å². The van der Waals surface area contributed by atoms with Gasteiger partial charge in [-0.05, 0) is 25.0 Å². The van der Waals surface area contributed by atoms with Crippen molar-refractivity contribution in [3.63, 3.8) is 0 Å². The number of hydrogen-bond acceptors (Lipinski definition) is 4. The lowest BCUT2D eigenvalue weighted by Crippen LogP contribution is -2.12. The van der Waals surface area contributed by atoms with Crippen molar-refractivity contribution in [2.45, 2.75) is 26.3 Å². The van der Waals surface area contributed by atoms with Crippen LogP contribution in [0.15, 0.2) is 23.7 Å². The smallest absolute Gasteiger partial charge is 0.201 e. The Hall–Kier alpha value is -1.95. The maximum Gasteiger partial charge on any atom is 0.201 e. The van der Waals surface area contributed by atoms with E-state index in [9.17, 15) is 4.39 Å². The topological polar surface area (TPSA) is 56.7 Å². The molecule has 2 N–H and O–H groups in total. The standard InChI is InChI=1S/C14H15FN4S/c1-3-11(13-17-4-5-20-13)19-12-6-8(2)9(15)7-10(12)18-14(19)16/h4-7,11H,3H2,1-2H3,(H2,16,18). The summed E-state index contributed by atoms with van der Waals surface area (Å²) in [5.41, 5.74) is 8.07. The summed E-state index contributed by atoms with van der Waals surface area (Å²) in [6, 6.07) is 3.26. The zero-order valence-electron chi connectivity index (χ0n) is 11.3. The van der Waals surface area contributed by atoms with E-state index < -0.39 is 0 Å². The number of thiazole rings is 1. The van der Waals surface area contributed by atoms with E-state index in [2.05, 4.69) is 16.9 Å². The molecule has 3 aromatic rings. The molecule has 0 spiro atoms. The van der Waals surface area contributed by atoms with Crippen LogP contribution < -0.4 is 5.73 Å². The summed E-state index contributed by atoms with van der Waals surface area (Å²) in [4.78, 5) is 8.64. The van der Waals surface area contributed by atoms with Gasteiger partial charge in [0.15, 0.2) is 0 Å². The third-order valence-corrected chi connectivity index (χ3v) is 4.31. The summed E-state index contributed by atoms with van der Waals surface area (Å²) in [6.07, 6.45) is 2.63. The molecule has 0 saturated heterocycles. The minimum Gasteiger partial charge on any atom is -0.369 e. The molecule has 0 saturated carbocycles. The largest absolute Gasteiger partial charge is 0.369 e. The van der Waals surface area contributed by atoms with Gasteiger partial charge >= 0.3 is 0 Å². The predicted octanol–water partition coefficient (Wildman–Crippen LogP) is 3.52. The Balaban J connectivity index is 2.24. The fourth-order valence-corrected chi connectivity index (χ4v) is 3.25. The molecule has 0 amide bonds. The SMILES string of the molecule is CCC(c1nccs1)n1c(N)nc2cc(F)c(C)cc21. The normalized spacial score (nSPS) is 12.9. The van der Waals surface area contributed by atoms with Gasteiger partial charge in [-0.2, -0.15) is 0 Å². The molecular formula is C14H15FN4S. The van der Waals surface area contributed by atoms with Gasteiger partial charge < -0.3 is 10.3 Å². The first kappa shape index (κ1) is 13.1.